The number of ether oxygens (including phenoxy) is 4. The Balaban J connectivity index is 2.04. The molecule has 1 aromatic rings. The fourth-order valence-corrected chi connectivity index (χ4v) is 1.87. The van der Waals surface area contributed by atoms with Crippen LogP contribution >= 0.6 is 0 Å². The summed E-state index contributed by atoms with van der Waals surface area (Å²) in [7, 11) is 3.32. The minimum absolute atomic E-state index is 0.104. The average Bonchev–Trinajstić information content (AvgIpc) is 2.50. The molecule has 0 bridgehead atoms. The van der Waals surface area contributed by atoms with Gasteiger partial charge < -0.3 is 24.7 Å². The second-order valence-electron chi connectivity index (χ2n) is 4.82. The molecule has 0 aliphatic heterocycles. The van der Waals surface area contributed by atoms with Crippen LogP contribution in [0.25, 0.3) is 0 Å². The smallest absolute Gasteiger partial charge is 0.118 e. The fraction of sp³-hybridized carbons (Fsp3) is 0.625. The highest BCUT2D eigenvalue weighted by molar-refractivity contribution is 5.27. The summed E-state index contributed by atoms with van der Waals surface area (Å²) in [5.74, 6) is 0.865. The van der Waals surface area contributed by atoms with E-state index in [9.17, 15) is 0 Å². The fourth-order valence-electron chi connectivity index (χ4n) is 1.87. The van der Waals surface area contributed by atoms with Gasteiger partial charge in [-0.1, -0.05) is 12.1 Å². The van der Waals surface area contributed by atoms with Gasteiger partial charge in [0.05, 0.1) is 33.5 Å². The van der Waals surface area contributed by atoms with E-state index in [-0.39, 0.29) is 6.04 Å². The van der Waals surface area contributed by atoms with Gasteiger partial charge in [-0.2, -0.15) is 0 Å². The van der Waals surface area contributed by atoms with Gasteiger partial charge in [0, 0.05) is 19.8 Å². The first kappa shape index (κ1) is 17.9. The van der Waals surface area contributed by atoms with Gasteiger partial charge in [0.1, 0.15) is 5.75 Å². The van der Waals surface area contributed by atoms with E-state index in [1.165, 1.54) is 5.56 Å². The van der Waals surface area contributed by atoms with E-state index >= 15 is 0 Å². The summed E-state index contributed by atoms with van der Waals surface area (Å²) < 4.78 is 20.8. The Morgan fingerprint density at radius 3 is 2.14 bits per heavy atom. The molecule has 1 atom stereocenters. The zero-order valence-electron chi connectivity index (χ0n) is 13.0. The maximum atomic E-state index is 6.10. The molecule has 0 aromatic heterocycles. The standard InChI is InChI=1S/C16H27NO4/c1-18-9-10-21-12-11-20-8-7-15(17)13-14-3-5-16(19-2)6-4-14/h3-6,15H,7-13,17H2,1-2H3. The van der Waals surface area contributed by atoms with Crippen LogP contribution in [0.4, 0.5) is 0 Å². The molecule has 0 fully saturated rings. The molecule has 0 heterocycles. The van der Waals surface area contributed by atoms with E-state index in [1.54, 1.807) is 14.2 Å². The molecular formula is C16H27NO4. The monoisotopic (exact) mass is 297 g/mol. The molecule has 2 N–H and O–H groups in total. The third kappa shape index (κ3) is 8.67. The van der Waals surface area contributed by atoms with Gasteiger partial charge in [-0.25, -0.2) is 0 Å². The third-order valence-corrected chi connectivity index (χ3v) is 3.09. The molecule has 0 aliphatic rings. The minimum Gasteiger partial charge on any atom is -0.497 e. The number of hydrogen-bond donors (Lipinski definition) is 1. The molecule has 0 spiro atoms. The zero-order chi connectivity index (χ0) is 15.3. The van der Waals surface area contributed by atoms with Gasteiger partial charge in [0.2, 0.25) is 0 Å². The number of rotatable bonds is 12. The number of hydrogen-bond acceptors (Lipinski definition) is 5. The molecule has 120 valence electrons. The Bertz CT molecular complexity index is 356. The van der Waals surface area contributed by atoms with E-state index in [4.69, 9.17) is 24.7 Å². The lowest BCUT2D eigenvalue weighted by Crippen LogP contribution is -2.25. The van der Waals surface area contributed by atoms with Crippen molar-refractivity contribution in [2.75, 3.05) is 47.3 Å². The topological polar surface area (TPSA) is 62.9 Å². The number of benzene rings is 1. The highest BCUT2D eigenvalue weighted by Gasteiger charge is 2.04. The van der Waals surface area contributed by atoms with Gasteiger partial charge in [-0.3, -0.25) is 0 Å². The summed E-state index contributed by atoms with van der Waals surface area (Å²) in [6, 6.07) is 8.10. The molecule has 1 aromatic carbocycles. The summed E-state index contributed by atoms with van der Waals surface area (Å²) in [6.07, 6.45) is 1.68. The van der Waals surface area contributed by atoms with Crippen molar-refractivity contribution in [1.82, 2.24) is 0 Å². The van der Waals surface area contributed by atoms with Gasteiger partial charge >= 0.3 is 0 Å². The Hall–Kier alpha value is -1.14. The van der Waals surface area contributed by atoms with Crippen LogP contribution in [-0.2, 0) is 20.6 Å². The molecule has 0 aliphatic carbocycles. The van der Waals surface area contributed by atoms with Crippen LogP contribution < -0.4 is 10.5 Å². The van der Waals surface area contributed by atoms with Crippen molar-refractivity contribution < 1.29 is 18.9 Å². The lowest BCUT2D eigenvalue weighted by molar-refractivity contribution is 0.0234. The number of methoxy groups -OCH3 is 2. The van der Waals surface area contributed by atoms with E-state index in [0.29, 0.717) is 33.0 Å². The van der Waals surface area contributed by atoms with Crippen molar-refractivity contribution in [1.29, 1.82) is 0 Å². The second-order valence-corrected chi connectivity index (χ2v) is 4.82. The van der Waals surface area contributed by atoms with Crippen molar-refractivity contribution in [2.24, 2.45) is 5.73 Å². The molecule has 5 nitrogen and oxygen atoms in total. The second kappa shape index (κ2) is 11.5. The van der Waals surface area contributed by atoms with Gasteiger partial charge in [-0.05, 0) is 30.5 Å². The first-order valence-corrected chi connectivity index (χ1v) is 7.29. The highest BCUT2D eigenvalue weighted by Crippen LogP contribution is 2.12. The summed E-state index contributed by atoms with van der Waals surface area (Å²) in [4.78, 5) is 0. The maximum Gasteiger partial charge on any atom is 0.118 e. The van der Waals surface area contributed by atoms with Crippen LogP contribution in [0.1, 0.15) is 12.0 Å². The molecule has 21 heavy (non-hydrogen) atoms. The Morgan fingerprint density at radius 1 is 0.905 bits per heavy atom. The van der Waals surface area contributed by atoms with Gasteiger partial charge in [-0.15, -0.1) is 0 Å². The van der Waals surface area contributed by atoms with Crippen molar-refractivity contribution in [2.45, 2.75) is 18.9 Å². The predicted molar refractivity (Wildman–Crippen MR) is 82.8 cm³/mol. The number of nitrogens with two attached hydrogens (primary N) is 1. The van der Waals surface area contributed by atoms with E-state index < -0.39 is 0 Å². The largest absolute Gasteiger partial charge is 0.497 e. The van der Waals surface area contributed by atoms with E-state index in [1.807, 2.05) is 24.3 Å². The van der Waals surface area contributed by atoms with Crippen LogP contribution in [0.5, 0.6) is 5.75 Å². The molecule has 0 saturated heterocycles. The SMILES string of the molecule is COCCOCCOCCC(N)Cc1ccc(OC)cc1. The van der Waals surface area contributed by atoms with Gasteiger partial charge in [0.15, 0.2) is 0 Å². The first-order chi connectivity index (χ1) is 10.3. The normalized spacial score (nSPS) is 12.3. The molecule has 1 rings (SSSR count). The van der Waals surface area contributed by atoms with Crippen molar-refractivity contribution in [3.63, 3.8) is 0 Å². The Morgan fingerprint density at radius 2 is 1.52 bits per heavy atom. The molecular weight excluding hydrogens is 270 g/mol. The summed E-state index contributed by atoms with van der Waals surface area (Å²) >= 11 is 0. The van der Waals surface area contributed by atoms with E-state index in [0.717, 1.165) is 18.6 Å². The predicted octanol–water partition coefficient (Wildman–Crippen LogP) is 1.63. The molecule has 0 radical (unpaired) electrons. The maximum absolute atomic E-state index is 6.10. The molecule has 5 heteroatoms. The zero-order valence-corrected chi connectivity index (χ0v) is 13.0. The van der Waals surface area contributed by atoms with Gasteiger partial charge in [0.25, 0.3) is 0 Å². The molecule has 0 amide bonds. The molecule has 0 saturated carbocycles. The van der Waals surface area contributed by atoms with Crippen LogP contribution in [0.15, 0.2) is 24.3 Å². The van der Waals surface area contributed by atoms with E-state index in [2.05, 4.69) is 0 Å². The Kier molecular flexibility index (Phi) is 9.82. The third-order valence-electron chi connectivity index (χ3n) is 3.09. The van der Waals surface area contributed by atoms with Crippen molar-refractivity contribution >= 4 is 0 Å². The molecule has 1 unspecified atom stereocenters. The summed E-state index contributed by atoms with van der Waals surface area (Å²) in [5, 5.41) is 0. The average molecular weight is 297 g/mol. The lowest BCUT2D eigenvalue weighted by Gasteiger charge is -2.12. The summed E-state index contributed by atoms with van der Waals surface area (Å²) in [6.45, 7) is 3.07. The van der Waals surface area contributed by atoms with Crippen molar-refractivity contribution in [3.05, 3.63) is 29.8 Å². The van der Waals surface area contributed by atoms with Crippen LogP contribution in [0.2, 0.25) is 0 Å². The van der Waals surface area contributed by atoms with Crippen LogP contribution in [0, 0.1) is 0 Å². The lowest BCUT2D eigenvalue weighted by atomic mass is 10.0. The van der Waals surface area contributed by atoms with Crippen LogP contribution in [0.3, 0.4) is 0 Å². The quantitative estimate of drug-likeness (QED) is 0.594. The minimum atomic E-state index is 0.104. The Labute approximate surface area is 127 Å². The highest BCUT2D eigenvalue weighted by atomic mass is 16.5. The van der Waals surface area contributed by atoms with Crippen molar-refractivity contribution in [3.8, 4) is 5.75 Å². The first-order valence-electron chi connectivity index (χ1n) is 7.29. The van der Waals surface area contributed by atoms with Crippen LogP contribution in [-0.4, -0.2) is 53.3 Å². The summed E-state index contributed by atoms with van der Waals surface area (Å²) in [5.41, 5.74) is 7.31.